The lowest BCUT2D eigenvalue weighted by Gasteiger charge is -2.23. The average molecular weight is 341 g/mol. The fourth-order valence-corrected chi connectivity index (χ4v) is 2.85. The van der Waals surface area contributed by atoms with Crippen molar-refractivity contribution in [1.29, 1.82) is 0 Å². The molecule has 0 heterocycles. The molecule has 136 valence electrons. The zero-order valence-corrected chi connectivity index (χ0v) is 16.6. The van der Waals surface area contributed by atoms with E-state index in [1.54, 1.807) is 0 Å². The third-order valence-electron chi connectivity index (χ3n) is 4.19. The molecule has 0 aliphatic rings. The number of para-hydroxylation sites is 2. The Labute approximate surface area is 153 Å². The highest BCUT2D eigenvalue weighted by Crippen LogP contribution is 2.32. The van der Waals surface area contributed by atoms with Gasteiger partial charge in [0.1, 0.15) is 11.5 Å². The fourth-order valence-electron chi connectivity index (χ4n) is 2.85. The molecule has 0 saturated carbocycles. The molecule has 0 saturated heterocycles. The minimum Gasteiger partial charge on any atom is -0.493 e. The molecule has 0 fully saturated rings. The van der Waals surface area contributed by atoms with Gasteiger partial charge in [0.25, 0.3) is 0 Å². The van der Waals surface area contributed by atoms with Crippen molar-refractivity contribution >= 4 is 0 Å². The standard InChI is InChI=1S/C23H32O2/c1-22(2,3)18-12-7-9-14-20(18)24-16-11-17-25-21-15-10-8-13-19(21)23(4,5)6/h7-10,12-15H,11,16-17H2,1-6H3. The first kappa shape index (κ1) is 19.4. The van der Waals surface area contributed by atoms with Crippen molar-refractivity contribution < 1.29 is 9.47 Å². The molecule has 25 heavy (non-hydrogen) atoms. The van der Waals surface area contributed by atoms with Crippen molar-refractivity contribution in [2.45, 2.75) is 58.8 Å². The Kier molecular flexibility index (Phi) is 6.16. The van der Waals surface area contributed by atoms with Gasteiger partial charge in [-0.15, -0.1) is 0 Å². The highest BCUT2D eigenvalue weighted by molar-refractivity contribution is 5.39. The molecule has 0 aliphatic heterocycles. The summed E-state index contributed by atoms with van der Waals surface area (Å²) in [5.74, 6) is 1.95. The van der Waals surface area contributed by atoms with Crippen LogP contribution in [0.4, 0.5) is 0 Å². The van der Waals surface area contributed by atoms with Gasteiger partial charge in [-0.25, -0.2) is 0 Å². The van der Waals surface area contributed by atoms with Gasteiger partial charge < -0.3 is 9.47 Å². The van der Waals surface area contributed by atoms with Gasteiger partial charge in [-0.2, -0.15) is 0 Å². The number of benzene rings is 2. The Hall–Kier alpha value is -1.96. The summed E-state index contributed by atoms with van der Waals surface area (Å²) in [5, 5.41) is 0. The predicted molar refractivity (Wildman–Crippen MR) is 106 cm³/mol. The Balaban J connectivity index is 1.88. The summed E-state index contributed by atoms with van der Waals surface area (Å²) < 4.78 is 12.0. The normalized spacial score (nSPS) is 12.1. The number of hydrogen-bond acceptors (Lipinski definition) is 2. The van der Waals surface area contributed by atoms with Crippen LogP contribution in [-0.4, -0.2) is 13.2 Å². The Morgan fingerprint density at radius 2 is 0.960 bits per heavy atom. The maximum absolute atomic E-state index is 6.02. The molecule has 0 amide bonds. The maximum Gasteiger partial charge on any atom is 0.123 e. The van der Waals surface area contributed by atoms with E-state index in [4.69, 9.17) is 9.47 Å². The highest BCUT2D eigenvalue weighted by Gasteiger charge is 2.19. The first-order chi connectivity index (χ1) is 11.7. The van der Waals surface area contributed by atoms with E-state index in [1.165, 1.54) is 11.1 Å². The molecule has 0 aromatic heterocycles. The molecule has 0 radical (unpaired) electrons. The monoisotopic (exact) mass is 340 g/mol. The molecular weight excluding hydrogens is 308 g/mol. The van der Waals surface area contributed by atoms with Crippen LogP contribution in [0, 0.1) is 0 Å². The minimum atomic E-state index is 0.0821. The molecule has 0 atom stereocenters. The van der Waals surface area contributed by atoms with Crippen LogP contribution in [0.3, 0.4) is 0 Å². The Morgan fingerprint density at radius 1 is 0.600 bits per heavy atom. The van der Waals surface area contributed by atoms with Crippen LogP contribution in [0.25, 0.3) is 0 Å². The summed E-state index contributed by atoms with van der Waals surface area (Å²) in [5.41, 5.74) is 2.65. The molecule has 2 aromatic carbocycles. The van der Waals surface area contributed by atoms with Gasteiger partial charge in [0.05, 0.1) is 13.2 Å². The van der Waals surface area contributed by atoms with E-state index < -0.39 is 0 Å². The van der Waals surface area contributed by atoms with Crippen LogP contribution >= 0.6 is 0 Å². The minimum absolute atomic E-state index is 0.0821. The van der Waals surface area contributed by atoms with E-state index in [-0.39, 0.29) is 10.8 Å². The summed E-state index contributed by atoms with van der Waals surface area (Å²) in [6.45, 7) is 14.6. The third kappa shape index (κ3) is 5.52. The summed E-state index contributed by atoms with van der Waals surface area (Å²) in [6.07, 6.45) is 0.858. The largest absolute Gasteiger partial charge is 0.493 e. The molecule has 2 aromatic rings. The maximum atomic E-state index is 6.02. The van der Waals surface area contributed by atoms with Crippen molar-refractivity contribution in [3.05, 3.63) is 59.7 Å². The molecule has 0 N–H and O–H groups in total. The van der Waals surface area contributed by atoms with E-state index in [1.807, 2.05) is 12.1 Å². The van der Waals surface area contributed by atoms with Gasteiger partial charge in [0.2, 0.25) is 0 Å². The lowest BCUT2D eigenvalue weighted by Crippen LogP contribution is -2.15. The molecule has 2 rings (SSSR count). The van der Waals surface area contributed by atoms with Crippen molar-refractivity contribution in [1.82, 2.24) is 0 Å². The van der Waals surface area contributed by atoms with E-state index in [2.05, 4.69) is 77.9 Å². The van der Waals surface area contributed by atoms with Crippen molar-refractivity contribution in [3.63, 3.8) is 0 Å². The van der Waals surface area contributed by atoms with Crippen molar-refractivity contribution in [2.24, 2.45) is 0 Å². The SMILES string of the molecule is CC(C)(C)c1ccccc1OCCCOc1ccccc1C(C)(C)C. The second-order valence-electron chi connectivity index (χ2n) is 8.54. The van der Waals surface area contributed by atoms with Gasteiger partial charge in [-0.05, 0) is 34.1 Å². The molecule has 0 aliphatic carbocycles. The molecule has 2 nitrogen and oxygen atoms in total. The van der Waals surface area contributed by atoms with Gasteiger partial charge >= 0.3 is 0 Å². The quantitative estimate of drug-likeness (QED) is 0.589. The highest BCUT2D eigenvalue weighted by atomic mass is 16.5. The average Bonchev–Trinajstić information content (AvgIpc) is 2.53. The second kappa shape index (κ2) is 7.95. The lowest BCUT2D eigenvalue weighted by atomic mass is 9.86. The summed E-state index contributed by atoms with van der Waals surface area (Å²) in [7, 11) is 0. The lowest BCUT2D eigenvalue weighted by molar-refractivity contribution is 0.241. The predicted octanol–water partition coefficient (Wildman–Crippen LogP) is 6.13. The van der Waals surface area contributed by atoms with E-state index in [0.717, 1.165) is 17.9 Å². The van der Waals surface area contributed by atoms with Crippen LogP contribution < -0.4 is 9.47 Å². The van der Waals surface area contributed by atoms with Crippen molar-refractivity contribution in [2.75, 3.05) is 13.2 Å². The van der Waals surface area contributed by atoms with Gasteiger partial charge in [-0.3, -0.25) is 0 Å². The van der Waals surface area contributed by atoms with Gasteiger partial charge in [-0.1, -0.05) is 77.9 Å². The molecule has 0 spiro atoms. The van der Waals surface area contributed by atoms with E-state index in [9.17, 15) is 0 Å². The van der Waals surface area contributed by atoms with Crippen LogP contribution in [0.5, 0.6) is 11.5 Å². The van der Waals surface area contributed by atoms with E-state index >= 15 is 0 Å². The Morgan fingerprint density at radius 3 is 1.32 bits per heavy atom. The van der Waals surface area contributed by atoms with Gasteiger partial charge in [0, 0.05) is 6.42 Å². The fraction of sp³-hybridized carbons (Fsp3) is 0.478. The molecular formula is C23H32O2. The van der Waals surface area contributed by atoms with Crippen molar-refractivity contribution in [3.8, 4) is 11.5 Å². The first-order valence-electron chi connectivity index (χ1n) is 9.14. The smallest absolute Gasteiger partial charge is 0.123 e. The molecule has 0 unspecified atom stereocenters. The molecule has 2 heteroatoms. The summed E-state index contributed by atoms with van der Waals surface area (Å²) in [4.78, 5) is 0. The summed E-state index contributed by atoms with van der Waals surface area (Å²) in [6, 6.07) is 16.6. The molecule has 0 bridgehead atoms. The number of rotatable bonds is 6. The third-order valence-corrected chi connectivity index (χ3v) is 4.19. The number of hydrogen-bond donors (Lipinski definition) is 0. The topological polar surface area (TPSA) is 18.5 Å². The van der Waals surface area contributed by atoms with Crippen LogP contribution in [-0.2, 0) is 10.8 Å². The van der Waals surface area contributed by atoms with E-state index in [0.29, 0.717) is 13.2 Å². The van der Waals surface area contributed by atoms with Crippen LogP contribution in [0.2, 0.25) is 0 Å². The summed E-state index contributed by atoms with van der Waals surface area (Å²) >= 11 is 0. The first-order valence-corrected chi connectivity index (χ1v) is 9.14. The number of ether oxygens (including phenoxy) is 2. The van der Waals surface area contributed by atoms with Crippen LogP contribution in [0.15, 0.2) is 48.5 Å². The second-order valence-corrected chi connectivity index (χ2v) is 8.54. The van der Waals surface area contributed by atoms with Gasteiger partial charge in [0.15, 0.2) is 0 Å². The Bertz CT molecular complexity index is 615. The van der Waals surface area contributed by atoms with Crippen LogP contribution in [0.1, 0.15) is 59.1 Å². The zero-order chi connectivity index (χ0) is 18.5. The zero-order valence-electron chi connectivity index (χ0n) is 16.6.